The van der Waals surface area contributed by atoms with Crippen LogP contribution >= 0.6 is 0 Å². The number of fused-ring (bicyclic) bond motifs is 5. The van der Waals surface area contributed by atoms with Crippen LogP contribution in [-0.4, -0.2) is 19.7 Å². The summed E-state index contributed by atoms with van der Waals surface area (Å²) in [6, 6.07) is 29.4. The highest BCUT2D eigenvalue weighted by atomic mass is 16.2. The highest BCUT2D eigenvalue weighted by Gasteiger charge is 2.82. The Labute approximate surface area is 236 Å². The van der Waals surface area contributed by atoms with Gasteiger partial charge in [-0.25, -0.2) is 23.5 Å². The van der Waals surface area contributed by atoms with Gasteiger partial charge in [0.1, 0.15) is 0 Å². The maximum Gasteiger partial charge on any atom is 0.352 e. The molecule has 0 N–H and O–H groups in total. The van der Waals surface area contributed by atoms with Gasteiger partial charge in [-0.15, -0.1) is 0 Å². The summed E-state index contributed by atoms with van der Waals surface area (Å²) in [7, 11) is 0. The first kappa shape index (κ1) is 23.3. The van der Waals surface area contributed by atoms with Crippen molar-refractivity contribution in [2.45, 2.75) is 25.9 Å². The van der Waals surface area contributed by atoms with Crippen LogP contribution < -0.4 is 11.4 Å². The SMILES string of the molecule is C[C@]12C(=O)[C@@](C)(C(c3ccccc3)=C1c1ccccc1)[C@H]1[C@@H]3[C@H]([C@@H]12)[C@@H]1C=C[C@@H]3n2c(=O)n(-c3ccccc3)c(=O)n21. The van der Waals surface area contributed by atoms with Crippen molar-refractivity contribution in [3.63, 3.8) is 0 Å². The molecular weight excluding hydrogens is 510 g/mol. The first-order chi connectivity index (χ1) is 19.9. The molecule has 0 spiro atoms. The molecule has 0 saturated heterocycles. The normalized spacial score (nSPS) is 35.3. The highest BCUT2D eigenvalue weighted by molar-refractivity contribution is 6.23. The molecule has 202 valence electrons. The van der Waals surface area contributed by atoms with Crippen LogP contribution in [-0.2, 0) is 4.79 Å². The number of nitrogens with zero attached hydrogens (tertiary/aromatic N) is 3. The standard InChI is InChI=1S/C35H29N3O3/c1-34-27(20-12-6-3-7-13-20)28(21-14-8-4-9-15-21)35(2,31(34)39)30-26-24-19-18-23(25(26)29(30)34)37-32(40)36(33(41)38(24)37)22-16-10-5-11-17-22/h3-19,23-26,29-30H,1-2H3/t23-,24-,25-,26+,29-,30-,34-,35-/m0/s1. The van der Waals surface area contributed by atoms with Crippen LogP contribution in [0.1, 0.15) is 37.1 Å². The van der Waals surface area contributed by atoms with E-state index in [1.807, 2.05) is 54.6 Å². The molecule has 2 saturated carbocycles. The van der Waals surface area contributed by atoms with Gasteiger partial charge >= 0.3 is 11.4 Å². The van der Waals surface area contributed by atoms with Gasteiger partial charge < -0.3 is 0 Å². The van der Waals surface area contributed by atoms with E-state index >= 15 is 0 Å². The summed E-state index contributed by atoms with van der Waals surface area (Å²) in [4.78, 5) is 42.6. The number of ketones is 1. The fourth-order valence-electron chi connectivity index (χ4n) is 9.99. The minimum atomic E-state index is -0.685. The number of para-hydroxylation sites is 1. The number of hydrogen-bond acceptors (Lipinski definition) is 3. The molecule has 4 bridgehead atoms. The molecule has 3 heterocycles. The zero-order valence-corrected chi connectivity index (χ0v) is 22.8. The average Bonchev–Trinajstić information content (AvgIpc) is 3.42. The topological polar surface area (TPSA) is 66.0 Å². The third kappa shape index (κ3) is 2.42. The van der Waals surface area contributed by atoms with Crippen molar-refractivity contribution in [2.75, 3.05) is 0 Å². The van der Waals surface area contributed by atoms with Crippen LogP contribution in [0, 0.1) is 34.5 Å². The second-order valence-electron chi connectivity index (χ2n) is 12.7. The van der Waals surface area contributed by atoms with E-state index < -0.39 is 10.8 Å². The molecule has 3 aromatic carbocycles. The Balaban J connectivity index is 1.28. The minimum absolute atomic E-state index is 0.0842. The van der Waals surface area contributed by atoms with Gasteiger partial charge in [-0.05, 0) is 71.9 Å². The molecule has 2 fully saturated rings. The predicted molar refractivity (Wildman–Crippen MR) is 156 cm³/mol. The predicted octanol–water partition coefficient (Wildman–Crippen LogP) is 5.16. The van der Waals surface area contributed by atoms with E-state index in [1.165, 1.54) is 4.57 Å². The Kier molecular flexibility index (Phi) is 4.22. The monoisotopic (exact) mass is 539 g/mol. The lowest BCUT2D eigenvalue weighted by atomic mass is 9.40. The molecule has 8 atom stereocenters. The smallest absolute Gasteiger partial charge is 0.298 e. The van der Waals surface area contributed by atoms with E-state index in [9.17, 15) is 14.4 Å². The fourth-order valence-corrected chi connectivity index (χ4v) is 9.99. The first-order valence-corrected chi connectivity index (χ1v) is 14.5. The van der Waals surface area contributed by atoms with Crippen LogP contribution in [0.25, 0.3) is 16.8 Å². The van der Waals surface area contributed by atoms with Gasteiger partial charge in [-0.2, -0.15) is 0 Å². The molecule has 4 aromatic rings. The molecular formula is C35H29N3O3. The molecule has 1 aromatic heterocycles. The van der Waals surface area contributed by atoms with Crippen molar-refractivity contribution in [3.8, 4) is 5.69 Å². The lowest BCUT2D eigenvalue weighted by molar-refractivity contribution is -0.138. The third-order valence-corrected chi connectivity index (χ3v) is 11.2. The van der Waals surface area contributed by atoms with E-state index in [1.54, 1.807) is 21.5 Å². The summed E-state index contributed by atoms with van der Waals surface area (Å²) in [5.41, 5.74) is 3.04. The molecule has 0 amide bonds. The average molecular weight is 540 g/mol. The van der Waals surface area contributed by atoms with Gasteiger partial charge in [-0.1, -0.05) is 91.0 Å². The van der Waals surface area contributed by atoms with E-state index in [0.717, 1.165) is 22.3 Å². The lowest BCUT2D eigenvalue weighted by Crippen LogP contribution is -2.65. The maximum atomic E-state index is 14.8. The van der Waals surface area contributed by atoms with Gasteiger partial charge in [0.2, 0.25) is 0 Å². The maximum absolute atomic E-state index is 14.8. The zero-order valence-electron chi connectivity index (χ0n) is 22.8. The van der Waals surface area contributed by atoms with Crippen LogP contribution in [0.3, 0.4) is 0 Å². The van der Waals surface area contributed by atoms with Gasteiger partial charge in [-0.3, -0.25) is 4.79 Å². The van der Waals surface area contributed by atoms with Gasteiger partial charge in [0.15, 0.2) is 5.78 Å². The van der Waals surface area contributed by atoms with Crippen molar-refractivity contribution in [3.05, 3.63) is 135 Å². The van der Waals surface area contributed by atoms with Crippen molar-refractivity contribution in [2.24, 2.45) is 34.5 Å². The van der Waals surface area contributed by atoms with Crippen LogP contribution in [0.5, 0.6) is 0 Å². The number of Topliss-reactive ketones (excluding diaryl/α,β-unsaturated/α-hetero) is 1. The molecule has 0 unspecified atom stereocenters. The fraction of sp³-hybridized carbons (Fsp3) is 0.286. The van der Waals surface area contributed by atoms with E-state index in [0.29, 0.717) is 5.69 Å². The number of rotatable bonds is 3. The van der Waals surface area contributed by atoms with Crippen LogP contribution in [0.15, 0.2) is 113 Å². The summed E-state index contributed by atoms with van der Waals surface area (Å²) < 4.78 is 4.67. The number of carbonyl (C=O) groups is 1. The van der Waals surface area contributed by atoms with Gasteiger partial charge in [0, 0.05) is 0 Å². The van der Waals surface area contributed by atoms with Crippen molar-refractivity contribution in [1.82, 2.24) is 13.9 Å². The second-order valence-corrected chi connectivity index (χ2v) is 12.7. The highest BCUT2D eigenvalue weighted by Crippen LogP contribution is 2.82. The third-order valence-electron chi connectivity index (χ3n) is 11.2. The van der Waals surface area contributed by atoms with Gasteiger partial charge in [0.05, 0.1) is 28.6 Å². The number of allylic oxidation sites excluding steroid dienone is 4. The quantitative estimate of drug-likeness (QED) is 0.338. The first-order valence-electron chi connectivity index (χ1n) is 14.5. The Morgan fingerprint density at radius 3 is 1.37 bits per heavy atom. The van der Waals surface area contributed by atoms with Gasteiger partial charge in [0.25, 0.3) is 0 Å². The summed E-state index contributed by atoms with van der Waals surface area (Å²) >= 11 is 0. The molecule has 6 heteroatoms. The molecule has 6 nitrogen and oxygen atoms in total. The van der Waals surface area contributed by atoms with E-state index in [2.05, 4.69) is 50.3 Å². The summed E-state index contributed by atoms with van der Waals surface area (Å²) in [5, 5.41) is 0. The van der Waals surface area contributed by atoms with Crippen molar-refractivity contribution in [1.29, 1.82) is 0 Å². The molecule has 4 aliphatic carbocycles. The molecule has 0 radical (unpaired) electrons. The number of carbonyl (C=O) groups excluding carboxylic acids is 1. The Hall–Kier alpha value is -4.45. The number of aromatic nitrogens is 3. The molecule has 41 heavy (non-hydrogen) atoms. The Bertz CT molecular complexity index is 1850. The number of hydrogen-bond donors (Lipinski definition) is 0. The Morgan fingerprint density at radius 2 is 0.951 bits per heavy atom. The largest absolute Gasteiger partial charge is 0.352 e. The molecule has 10 rings (SSSR count). The van der Waals surface area contributed by atoms with Crippen molar-refractivity contribution >= 4 is 16.9 Å². The second kappa shape index (κ2) is 7.43. The molecule has 6 aliphatic rings. The lowest BCUT2D eigenvalue weighted by Gasteiger charge is -2.65. The zero-order chi connectivity index (χ0) is 27.8. The summed E-state index contributed by atoms with van der Waals surface area (Å²) in [6.45, 7) is 4.31. The number of benzene rings is 3. The molecule has 2 aliphatic heterocycles. The minimum Gasteiger partial charge on any atom is -0.298 e. The van der Waals surface area contributed by atoms with Crippen LogP contribution in [0.2, 0.25) is 0 Å². The van der Waals surface area contributed by atoms with Crippen molar-refractivity contribution < 1.29 is 4.79 Å². The Morgan fingerprint density at radius 1 is 0.561 bits per heavy atom. The van der Waals surface area contributed by atoms with E-state index in [4.69, 9.17) is 0 Å². The summed E-state index contributed by atoms with van der Waals surface area (Å²) in [6.07, 6.45) is 4.23. The summed E-state index contributed by atoms with van der Waals surface area (Å²) in [5.74, 6) is 0.656. The van der Waals surface area contributed by atoms with Crippen LogP contribution in [0.4, 0.5) is 0 Å². The van der Waals surface area contributed by atoms with E-state index in [-0.39, 0.29) is 52.9 Å².